The topological polar surface area (TPSA) is 82.7 Å². The zero-order chi connectivity index (χ0) is 12.5. The van der Waals surface area contributed by atoms with Crippen LogP contribution in [0, 0.1) is 0 Å². The number of aliphatic hydroxyl groups excluding tert-OH is 1. The van der Waals surface area contributed by atoms with Crippen LogP contribution in [0.4, 0.5) is 0 Å². The van der Waals surface area contributed by atoms with Crippen molar-refractivity contribution in [3.8, 4) is 0 Å². The molecule has 17 heavy (non-hydrogen) atoms. The third-order valence-electron chi connectivity index (χ3n) is 2.07. The summed E-state index contributed by atoms with van der Waals surface area (Å²) in [7, 11) is 0. The van der Waals surface area contributed by atoms with E-state index in [2.05, 4.69) is 5.32 Å². The minimum Gasteiger partial charge on any atom is -0.478 e. The number of rotatable bonds is 9. The fraction of sp³-hybridized carbons (Fsp3) is 0.545. The van der Waals surface area contributed by atoms with Crippen molar-refractivity contribution in [2.75, 3.05) is 24.7 Å². The Balaban J connectivity index is 2.07. The lowest BCUT2D eigenvalue weighted by atomic mass is 10.3. The van der Waals surface area contributed by atoms with Crippen LogP contribution in [0.1, 0.15) is 22.5 Å². The fourth-order valence-corrected chi connectivity index (χ4v) is 2.04. The summed E-state index contributed by atoms with van der Waals surface area (Å²) in [4.78, 5) is 10.6. The van der Waals surface area contributed by atoms with Crippen LogP contribution in [0.25, 0.3) is 0 Å². The molecule has 1 aromatic heterocycles. The van der Waals surface area contributed by atoms with E-state index < -0.39 is 5.97 Å². The van der Waals surface area contributed by atoms with E-state index in [1.165, 1.54) is 12.3 Å². The van der Waals surface area contributed by atoms with Gasteiger partial charge in [0, 0.05) is 18.9 Å². The minimum atomic E-state index is -0.973. The molecule has 3 N–H and O–H groups in total. The van der Waals surface area contributed by atoms with E-state index in [1.807, 2.05) is 0 Å². The van der Waals surface area contributed by atoms with Crippen LogP contribution >= 0.6 is 11.8 Å². The number of carbonyl (C=O) groups is 1. The summed E-state index contributed by atoms with van der Waals surface area (Å²) in [6.07, 6.45) is 2.07. The number of aromatic carboxylic acids is 1. The van der Waals surface area contributed by atoms with E-state index in [0.29, 0.717) is 12.3 Å². The fourth-order valence-electron chi connectivity index (χ4n) is 1.21. The lowest BCUT2D eigenvalue weighted by Crippen LogP contribution is -2.16. The van der Waals surface area contributed by atoms with Gasteiger partial charge in [0.2, 0.25) is 0 Å². The number of thioether (sulfide) groups is 1. The van der Waals surface area contributed by atoms with Gasteiger partial charge in [0.1, 0.15) is 12.0 Å². The van der Waals surface area contributed by atoms with Gasteiger partial charge in [0.05, 0.1) is 12.1 Å². The molecule has 0 amide bonds. The predicted molar refractivity (Wildman–Crippen MR) is 66.4 cm³/mol. The van der Waals surface area contributed by atoms with Gasteiger partial charge in [-0.15, -0.1) is 0 Å². The Labute approximate surface area is 104 Å². The third-order valence-corrected chi connectivity index (χ3v) is 3.14. The third kappa shape index (κ3) is 5.76. The molecule has 96 valence electrons. The zero-order valence-corrected chi connectivity index (χ0v) is 10.3. The van der Waals surface area contributed by atoms with Crippen molar-refractivity contribution < 1.29 is 19.4 Å². The van der Waals surface area contributed by atoms with E-state index in [-0.39, 0.29) is 12.2 Å². The van der Waals surface area contributed by atoms with E-state index in [0.717, 1.165) is 24.5 Å². The second-order valence-corrected chi connectivity index (χ2v) is 4.70. The molecule has 0 atom stereocenters. The van der Waals surface area contributed by atoms with Crippen LogP contribution < -0.4 is 5.32 Å². The first-order chi connectivity index (χ1) is 8.24. The molecular formula is C11H17NO4S. The van der Waals surface area contributed by atoms with Crippen LogP contribution in [0.5, 0.6) is 0 Å². The molecule has 1 rings (SSSR count). The van der Waals surface area contributed by atoms with Crippen LogP contribution in [0.3, 0.4) is 0 Å². The smallest absolute Gasteiger partial charge is 0.338 e. The monoisotopic (exact) mass is 259 g/mol. The summed E-state index contributed by atoms with van der Waals surface area (Å²) < 4.78 is 5.09. The van der Waals surface area contributed by atoms with Crippen molar-refractivity contribution in [1.82, 2.24) is 5.32 Å². The molecule has 0 spiro atoms. The normalized spacial score (nSPS) is 10.6. The number of nitrogens with one attached hydrogen (secondary N) is 1. The molecule has 5 nitrogen and oxygen atoms in total. The molecular weight excluding hydrogens is 242 g/mol. The van der Waals surface area contributed by atoms with Crippen molar-refractivity contribution in [3.05, 3.63) is 23.7 Å². The van der Waals surface area contributed by atoms with E-state index in [9.17, 15) is 4.79 Å². The molecule has 0 saturated carbocycles. The highest BCUT2D eigenvalue weighted by molar-refractivity contribution is 7.99. The largest absolute Gasteiger partial charge is 0.478 e. The van der Waals surface area contributed by atoms with Crippen LogP contribution in [0.2, 0.25) is 0 Å². The molecule has 1 aromatic rings. The predicted octanol–water partition coefficient (Wildman–Crippen LogP) is 1.18. The molecule has 1 heterocycles. The molecule has 6 heteroatoms. The van der Waals surface area contributed by atoms with Gasteiger partial charge in [-0.3, -0.25) is 0 Å². The van der Waals surface area contributed by atoms with E-state index in [1.54, 1.807) is 11.8 Å². The maximum Gasteiger partial charge on any atom is 0.338 e. The van der Waals surface area contributed by atoms with Gasteiger partial charge < -0.3 is 19.9 Å². The second kappa shape index (κ2) is 8.16. The van der Waals surface area contributed by atoms with Crippen molar-refractivity contribution in [3.63, 3.8) is 0 Å². The molecule has 0 bridgehead atoms. The lowest BCUT2D eigenvalue weighted by molar-refractivity contribution is 0.0696. The molecule has 0 aliphatic heterocycles. The highest BCUT2D eigenvalue weighted by Gasteiger charge is 2.07. The number of carboxylic acids is 1. The molecule has 0 aliphatic rings. The standard InChI is InChI=1S/C11H17NO4S/c13-3-1-4-17-5-2-12-7-10-6-9(8-16-10)11(14)15/h6,8,12-13H,1-5,7H2,(H,14,15). The SMILES string of the molecule is O=C(O)c1coc(CNCCSCCCO)c1. The summed E-state index contributed by atoms with van der Waals surface area (Å²) >= 11 is 1.78. The number of hydrogen-bond donors (Lipinski definition) is 3. The van der Waals surface area contributed by atoms with Crippen LogP contribution in [-0.2, 0) is 6.54 Å². The van der Waals surface area contributed by atoms with Crippen molar-refractivity contribution >= 4 is 17.7 Å². The van der Waals surface area contributed by atoms with Gasteiger partial charge in [-0.25, -0.2) is 4.79 Å². The molecule has 0 fully saturated rings. The number of carboxylic acid groups (broad SMARTS) is 1. The summed E-state index contributed by atoms with van der Waals surface area (Å²) in [5.41, 5.74) is 0.180. The van der Waals surface area contributed by atoms with Crippen molar-refractivity contribution in [2.45, 2.75) is 13.0 Å². The maximum atomic E-state index is 10.6. The molecule has 0 aromatic carbocycles. The Hall–Kier alpha value is -0.980. The average molecular weight is 259 g/mol. The quantitative estimate of drug-likeness (QED) is 0.578. The Morgan fingerprint density at radius 1 is 1.47 bits per heavy atom. The summed E-state index contributed by atoms with van der Waals surface area (Å²) in [5, 5.41) is 20.4. The van der Waals surface area contributed by atoms with Gasteiger partial charge in [-0.05, 0) is 18.2 Å². The summed E-state index contributed by atoms with van der Waals surface area (Å²) in [5.74, 6) is 1.58. The minimum absolute atomic E-state index is 0.180. The number of furan rings is 1. The number of hydrogen-bond acceptors (Lipinski definition) is 5. The van der Waals surface area contributed by atoms with Gasteiger partial charge in [0.15, 0.2) is 0 Å². The Morgan fingerprint density at radius 3 is 2.94 bits per heavy atom. The molecule has 0 saturated heterocycles. The van der Waals surface area contributed by atoms with Crippen molar-refractivity contribution in [2.24, 2.45) is 0 Å². The van der Waals surface area contributed by atoms with Gasteiger partial charge in [0.25, 0.3) is 0 Å². The Bertz CT molecular complexity index is 340. The highest BCUT2D eigenvalue weighted by atomic mass is 32.2. The second-order valence-electron chi connectivity index (χ2n) is 3.47. The van der Waals surface area contributed by atoms with E-state index in [4.69, 9.17) is 14.6 Å². The number of aliphatic hydroxyl groups is 1. The van der Waals surface area contributed by atoms with Gasteiger partial charge in [-0.2, -0.15) is 11.8 Å². The highest BCUT2D eigenvalue weighted by Crippen LogP contribution is 2.07. The Kier molecular flexibility index (Phi) is 6.76. The van der Waals surface area contributed by atoms with Crippen LogP contribution in [0.15, 0.2) is 16.7 Å². The first-order valence-corrected chi connectivity index (χ1v) is 6.59. The van der Waals surface area contributed by atoms with Gasteiger partial charge >= 0.3 is 5.97 Å². The van der Waals surface area contributed by atoms with E-state index >= 15 is 0 Å². The molecule has 0 unspecified atom stereocenters. The molecule has 0 aliphatic carbocycles. The van der Waals surface area contributed by atoms with Crippen LogP contribution in [-0.4, -0.2) is 40.8 Å². The van der Waals surface area contributed by atoms with Gasteiger partial charge in [-0.1, -0.05) is 0 Å². The van der Waals surface area contributed by atoms with Crippen molar-refractivity contribution in [1.29, 1.82) is 0 Å². The Morgan fingerprint density at radius 2 is 2.29 bits per heavy atom. The zero-order valence-electron chi connectivity index (χ0n) is 9.52. The lowest BCUT2D eigenvalue weighted by Gasteiger charge is -2.02. The summed E-state index contributed by atoms with van der Waals surface area (Å²) in [6.45, 7) is 1.61. The summed E-state index contributed by atoms with van der Waals surface area (Å²) in [6, 6.07) is 1.52. The first kappa shape index (κ1) is 14.1. The molecule has 0 radical (unpaired) electrons. The average Bonchev–Trinajstić information content (AvgIpc) is 2.77. The first-order valence-electron chi connectivity index (χ1n) is 5.44. The maximum absolute atomic E-state index is 10.6.